The molecule has 5 aliphatic carbocycles. The quantitative estimate of drug-likeness (QED) is 0.144. The van der Waals surface area contributed by atoms with E-state index in [1.54, 1.807) is 16.7 Å². The Kier molecular flexibility index (Phi) is 10.8. The van der Waals surface area contributed by atoms with Gasteiger partial charge in [0.05, 0.1) is 0 Å². The summed E-state index contributed by atoms with van der Waals surface area (Å²) in [5.41, 5.74) is 14.8. The third-order valence-electron chi connectivity index (χ3n) is 16.7. The summed E-state index contributed by atoms with van der Waals surface area (Å²) in [6, 6.07) is 56.0. The highest BCUT2D eigenvalue weighted by Crippen LogP contribution is 2.59. The van der Waals surface area contributed by atoms with Gasteiger partial charge in [-0.1, -0.05) is 193 Å². The summed E-state index contributed by atoms with van der Waals surface area (Å²) < 4.78 is 0. The Morgan fingerprint density at radius 2 is 1.16 bits per heavy atom. The molecule has 0 spiro atoms. The molecule has 8 aromatic rings. The lowest BCUT2D eigenvalue weighted by molar-refractivity contribution is 0.269. The van der Waals surface area contributed by atoms with Gasteiger partial charge < -0.3 is 0 Å². The van der Waals surface area contributed by atoms with E-state index in [2.05, 4.69) is 212 Å². The highest BCUT2D eigenvalue weighted by atomic mass is 32.2. The van der Waals surface area contributed by atoms with Crippen molar-refractivity contribution >= 4 is 83.6 Å². The minimum absolute atomic E-state index is 0.374. The number of fused-ring (bicyclic) bond motifs is 6. The Morgan fingerprint density at radius 1 is 0.486 bits per heavy atom. The van der Waals surface area contributed by atoms with Crippen LogP contribution in [0.15, 0.2) is 199 Å². The van der Waals surface area contributed by atoms with E-state index in [9.17, 15) is 0 Å². The van der Waals surface area contributed by atoms with Gasteiger partial charge in [0.2, 0.25) is 0 Å². The van der Waals surface area contributed by atoms with Crippen LogP contribution in [0.1, 0.15) is 85.3 Å². The highest BCUT2D eigenvalue weighted by Gasteiger charge is 2.46. The number of hydrogen-bond acceptors (Lipinski definition) is 2. The third-order valence-corrected chi connectivity index (χ3v) is 19.3. The van der Waals surface area contributed by atoms with Gasteiger partial charge in [0.1, 0.15) is 0 Å². The molecule has 0 fully saturated rings. The van der Waals surface area contributed by atoms with Crippen LogP contribution in [0.5, 0.6) is 0 Å². The van der Waals surface area contributed by atoms with Crippen molar-refractivity contribution in [1.29, 1.82) is 0 Å². The molecule has 5 atom stereocenters. The molecule has 14 rings (SSSR count). The predicted octanol–water partition coefficient (Wildman–Crippen LogP) is 17.6. The van der Waals surface area contributed by atoms with Crippen molar-refractivity contribution in [2.24, 2.45) is 17.8 Å². The number of hydrogen-bond donors (Lipinski definition) is 0. The molecule has 0 saturated carbocycles. The predicted molar refractivity (Wildman–Crippen MR) is 304 cm³/mol. The third kappa shape index (κ3) is 7.32. The van der Waals surface area contributed by atoms with E-state index in [1.165, 1.54) is 96.4 Å². The van der Waals surface area contributed by atoms with E-state index in [4.69, 9.17) is 0 Å². The summed E-state index contributed by atoms with van der Waals surface area (Å²) in [7, 11) is 0. The summed E-state index contributed by atoms with van der Waals surface area (Å²) in [4.78, 5) is 4.16. The van der Waals surface area contributed by atoms with E-state index >= 15 is 0 Å². The molecular formula is C68H56S2. The molecular weight excluding hydrogens is 881 g/mol. The van der Waals surface area contributed by atoms with E-state index in [1.807, 2.05) is 11.3 Å². The maximum absolute atomic E-state index is 2.82. The average Bonchev–Trinajstić information content (AvgIpc) is 4.13. The fourth-order valence-corrected chi connectivity index (χ4v) is 15.9. The second-order valence-corrected chi connectivity index (χ2v) is 22.8. The minimum atomic E-state index is 0.374. The minimum Gasteiger partial charge on any atom is -0.135 e. The zero-order chi connectivity index (χ0) is 46.1. The van der Waals surface area contributed by atoms with Crippen molar-refractivity contribution in [2.75, 3.05) is 0 Å². The number of thioether (sulfide) groups is 1. The van der Waals surface area contributed by atoms with Gasteiger partial charge in [-0.3, -0.25) is 0 Å². The van der Waals surface area contributed by atoms with Gasteiger partial charge in [0.25, 0.3) is 0 Å². The fourth-order valence-electron chi connectivity index (χ4n) is 13.5. The maximum Gasteiger partial charge on any atom is 0.0349 e. The van der Waals surface area contributed by atoms with Gasteiger partial charge in [0.15, 0.2) is 0 Å². The van der Waals surface area contributed by atoms with Gasteiger partial charge >= 0.3 is 0 Å². The zero-order valence-corrected chi connectivity index (χ0v) is 41.3. The molecule has 0 amide bonds. The number of rotatable bonds is 7. The second-order valence-electron chi connectivity index (χ2n) is 20.5. The molecule has 0 nitrogen and oxygen atoms in total. The molecule has 5 unspecified atom stereocenters. The van der Waals surface area contributed by atoms with Gasteiger partial charge in [-0.25, -0.2) is 0 Å². The Hall–Kier alpha value is -6.45. The molecule has 0 N–H and O–H groups in total. The van der Waals surface area contributed by atoms with E-state index in [0.717, 1.165) is 57.8 Å². The van der Waals surface area contributed by atoms with Crippen LogP contribution in [-0.2, 0) is 0 Å². The molecule has 340 valence electrons. The molecule has 2 heterocycles. The first-order chi connectivity index (χ1) is 34.7. The number of thiophene rings is 1. The molecule has 7 aromatic carbocycles. The molecule has 0 saturated heterocycles. The van der Waals surface area contributed by atoms with Crippen LogP contribution in [0.25, 0.3) is 82.1 Å². The maximum atomic E-state index is 2.82. The standard InChI is InChI=1S/C68H56S2/c1-2-16-45(17-3-1)61-36-37-62(69-61)46-28-30-47(31-29-46)65-55-22-10-12-24-57(55)68(58-25-13-11-23-56(58)65)64-39-38-63(70-64)50-34-35-59-60(42-50)67(52-33-27-44-15-5-7-19-49(44)41-52)54-21-9-8-20-53(54)66(59)51-32-26-43-14-4-6-18-48(43)40-51/h2,4-10,12,14-19,22-33,36-37,39-42,53-54,60,63,67H,1,3,11,13,20-21,34-35,38H2. The largest absolute Gasteiger partial charge is 0.135 e. The lowest BCUT2D eigenvalue weighted by atomic mass is 9.56. The molecule has 1 aromatic heterocycles. The molecule has 0 radical (unpaired) electrons. The van der Waals surface area contributed by atoms with Crippen LogP contribution in [0.3, 0.4) is 0 Å². The number of allylic oxidation sites excluding steroid dienone is 10. The van der Waals surface area contributed by atoms with E-state index in [-0.39, 0.29) is 0 Å². The summed E-state index contributed by atoms with van der Waals surface area (Å²) in [5, 5.41) is 11.4. The van der Waals surface area contributed by atoms with Gasteiger partial charge in [-0.2, -0.15) is 0 Å². The van der Waals surface area contributed by atoms with Gasteiger partial charge in [-0.15, -0.1) is 23.1 Å². The number of benzene rings is 7. The first-order valence-electron chi connectivity index (χ1n) is 26.0. The molecule has 6 aliphatic rings. The molecule has 70 heavy (non-hydrogen) atoms. The first-order valence-corrected chi connectivity index (χ1v) is 27.7. The van der Waals surface area contributed by atoms with E-state index < -0.39 is 0 Å². The highest BCUT2D eigenvalue weighted by molar-refractivity contribution is 8.09. The lowest BCUT2D eigenvalue weighted by Crippen LogP contribution is -2.37. The van der Waals surface area contributed by atoms with E-state index in [0.29, 0.717) is 28.9 Å². The first kappa shape index (κ1) is 42.4. The smallest absolute Gasteiger partial charge is 0.0349 e. The molecule has 2 heteroatoms. The second kappa shape index (κ2) is 17.7. The summed E-state index contributed by atoms with van der Waals surface area (Å²) in [6.45, 7) is 0. The van der Waals surface area contributed by atoms with Crippen molar-refractivity contribution < 1.29 is 0 Å². The van der Waals surface area contributed by atoms with Crippen molar-refractivity contribution in [1.82, 2.24) is 0 Å². The lowest BCUT2D eigenvalue weighted by Gasteiger charge is -2.48. The fraction of sp³-hybridized carbons (Fsp3) is 0.206. The molecule has 0 bridgehead atoms. The Labute approximate surface area is 420 Å². The van der Waals surface area contributed by atoms with Crippen LogP contribution in [-0.4, -0.2) is 5.25 Å². The molecule has 1 aliphatic heterocycles. The van der Waals surface area contributed by atoms with Crippen molar-refractivity contribution in [3.63, 3.8) is 0 Å². The van der Waals surface area contributed by atoms with Crippen LogP contribution >= 0.6 is 23.1 Å². The van der Waals surface area contributed by atoms with Crippen molar-refractivity contribution in [3.05, 3.63) is 231 Å². The Morgan fingerprint density at radius 3 is 1.96 bits per heavy atom. The normalized spacial score (nSPS) is 22.7. The topological polar surface area (TPSA) is 0 Å². The SMILES string of the molecule is C1=CC(c2ccc(-c3ccc(-c4c5c(c(C6=CCC(C7=CC8C(=C(c9ccc%10ccccc%10c9)C9CC=CCC9C8c8ccc9ccccc9c8)CC7)S6)c6ccccc46)=CCCC=5)cc3)s2)=CCC1. The Bertz CT molecular complexity index is 3750. The van der Waals surface area contributed by atoms with Crippen molar-refractivity contribution in [3.8, 4) is 21.6 Å². The van der Waals surface area contributed by atoms with Crippen molar-refractivity contribution in [2.45, 2.75) is 69.0 Å². The van der Waals surface area contributed by atoms with Crippen LogP contribution in [0, 0.1) is 17.8 Å². The summed E-state index contributed by atoms with van der Waals surface area (Å²) in [6.07, 6.45) is 32.6. The van der Waals surface area contributed by atoms with Gasteiger partial charge in [-0.05, 0) is 175 Å². The zero-order valence-electron chi connectivity index (χ0n) is 39.6. The monoisotopic (exact) mass is 936 g/mol. The summed E-state index contributed by atoms with van der Waals surface area (Å²) in [5.74, 6) is 1.88. The van der Waals surface area contributed by atoms with Gasteiger partial charge in [0, 0.05) is 31.4 Å². The van der Waals surface area contributed by atoms with Crippen LogP contribution in [0.4, 0.5) is 0 Å². The van der Waals surface area contributed by atoms with Crippen LogP contribution < -0.4 is 10.4 Å². The summed E-state index contributed by atoms with van der Waals surface area (Å²) >= 11 is 4.06. The van der Waals surface area contributed by atoms with Crippen LogP contribution in [0.2, 0.25) is 0 Å². The average molecular weight is 937 g/mol. The Balaban J connectivity index is 0.836.